The molecule has 1 aromatic rings. The van der Waals surface area contributed by atoms with Gasteiger partial charge >= 0.3 is 5.97 Å². The second kappa shape index (κ2) is 11.5. The van der Waals surface area contributed by atoms with Gasteiger partial charge < -0.3 is 19.8 Å². The van der Waals surface area contributed by atoms with Crippen molar-refractivity contribution in [2.75, 3.05) is 13.6 Å². The summed E-state index contributed by atoms with van der Waals surface area (Å²) < 4.78 is 11.2. The fraction of sp³-hybridized carbons (Fsp3) is 0.737. The summed E-state index contributed by atoms with van der Waals surface area (Å²) in [6.45, 7) is 7.37. The topological polar surface area (TPSA) is 88.8 Å². The molecule has 0 aliphatic heterocycles. The van der Waals surface area contributed by atoms with Crippen molar-refractivity contribution in [2.45, 2.75) is 77.4 Å². The molecule has 2 N–H and O–H groups in total. The van der Waals surface area contributed by atoms with E-state index in [0.717, 1.165) is 18.6 Å². The van der Waals surface area contributed by atoms with Gasteiger partial charge in [0, 0.05) is 25.4 Å². The summed E-state index contributed by atoms with van der Waals surface area (Å²) in [5.41, 5.74) is -0.0573. The highest BCUT2D eigenvalue weighted by atomic mass is 127. The Labute approximate surface area is 179 Å². The number of carbonyl (C=O) groups is 1. The lowest BCUT2D eigenvalue weighted by Gasteiger charge is -2.13. The summed E-state index contributed by atoms with van der Waals surface area (Å²) in [6.07, 6.45) is 7.41. The Morgan fingerprint density at radius 2 is 2.04 bits per heavy atom. The maximum Gasteiger partial charge on any atom is 0.306 e. The Morgan fingerprint density at radius 3 is 2.63 bits per heavy atom. The van der Waals surface area contributed by atoms with Gasteiger partial charge in [-0.05, 0) is 32.1 Å². The molecule has 0 radical (unpaired) electrons. The third kappa shape index (κ3) is 8.49. The molecule has 1 aliphatic carbocycles. The Balaban J connectivity index is 0.00000364. The number of ether oxygens (including phenoxy) is 1. The highest BCUT2D eigenvalue weighted by Crippen LogP contribution is 2.22. The van der Waals surface area contributed by atoms with Crippen molar-refractivity contribution in [3.05, 3.63) is 17.8 Å². The molecule has 154 valence electrons. The lowest BCUT2D eigenvalue weighted by Crippen LogP contribution is -2.37. The largest absolute Gasteiger partial charge is 0.462 e. The Hall–Kier alpha value is -1.32. The van der Waals surface area contributed by atoms with E-state index in [9.17, 15) is 4.79 Å². The number of rotatable bonds is 7. The molecule has 1 fully saturated rings. The standard InChI is InChI=1S/C19H32N4O3.HI/c1-19(2,3)15-12-22-16(26-15)13-23-18(20-4)21-11-7-10-17(24)25-14-8-5-6-9-14;/h12,14H,5-11,13H2,1-4H3,(H2,20,21,23);1H. The number of hydrogen-bond donors (Lipinski definition) is 2. The SMILES string of the molecule is CN=C(NCCCC(=O)OC1CCCC1)NCc1ncc(C(C)(C)C)o1.I. The highest BCUT2D eigenvalue weighted by Gasteiger charge is 2.20. The maximum absolute atomic E-state index is 11.8. The number of nitrogens with zero attached hydrogens (tertiary/aromatic N) is 2. The number of carbonyl (C=O) groups excluding carboxylic acids is 1. The highest BCUT2D eigenvalue weighted by molar-refractivity contribution is 14.0. The first-order valence-electron chi connectivity index (χ1n) is 9.47. The van der Waals surface area contributed by atoms with Crippen molar-refractivity contribution in [3.8, 4) is 0 Å². The molecule has 0 spiro atoms. The Kier molecular flexibility index (Phi) is 10.1. The van der Waals surface area contributed by atoms with Crippen LogP contribution in [-0.4, -0.2) is 36.6 Å². The van der Waals surface area contributed by atoms with Gasteiger partial charge in [0.15, 0.2) is 5.96 Å². The van der Waals surface area contributed by atoms with Crippen molar-refractivity contribution in [3.63, 3.8) is 0 Å². The predicted molar refractivity (Wildman–Crippen MR) is 116 cm³/mol. The fourth-order valence-corrected chi connectivity index (χ4v) is 2.81. The van der Waals surface area contributed by atoms with Gasteiger partial charge in [-0.25, -0.2) is 4.98 Å². The van der Waals surface area contributed by atoms with Crippen molar-refractivity contribution < 1.29 is 13.9 Å². The van der Waals surface area contributed by atoms with Crippen LogP contribution in [0.2, 0.25) is 0 Å². The van der Waals surface area contributed by atoms with Gasteiger partial charge in [-0.3, -0.25) is 9.79 Å². The molecule has 1 heterocycles. The molecule has 7 nitrogen and oxygen atoms in total. The van der Waals surface area contributed by atoms with E-state index in [1.165, 1.54) is 12.8 Å². The number of esters is 1. The van der Waals surface area contributed by atoms with Crippen LogP contribution in [0.4, 0.5) is 0 Å². The molecule has 0 unspecified atom stereocenters. The number of nitrogens with one attached hydrogen (secondary N) is 2. The predicted octanol–water partition coefficient (Wildman–Crippen LogP) is 3.52. The van der Waals surface area contributed by atoms with Crippen LogP contribution >= 0.6 is 24.0 Å². The Bertz CT molecular complexity index is 604. The van der Waals surface area contributed by atoms with Crippen LogP contribution in [0.25, 0.3) is 0 Å². The van der Waals surface area contributed by atoms with Crippen LogP contribution in [0.1, 0.15) is 70.9 Å². The quantitative estimate of drug-likeness (QED) is 0.199. The first-order valence-corrected chi connectivity index (χ1v) is 9.47. The molecule has 0 amide bonds. The van der Waals surface area contributed by atoms with E-state index < -0.39 is 0 Å². The van der Waals surface area contributed by atoms with Crippen LogP contribution in [0.3, 0.4) is 0 Å². The summed E-state index contributed by atoms with van der Waals surface area (Å²) in [5.74, 6) is 2.04. The number of aromatic nitrogens is 1. The van der Waals surface area contributed by atoms with E-state index in [1.54, 1.807) is 13.2 Å². The molecule has 27 heavy (non-hydrogen) atoms. The van der Waals surface area contributed by atoms with Crippen molar-refractivity contribution in [1.82, 2.24) is 15.6 Å². The average Bonchev–Trinajstić information content (AvgIpc) is 3.25. The van der Waals surface area contributed by atoms with E-state index in [4.69, 9.17) is 9.15 Å². The van der Waals surface area contributed by atoms with Crippen LogP contribution in [0.5, 0.6) is 0 Å². The van der Waals surface area contributed by atoms with E-state index in [0.29, 0.717) is 37.8 Å². The lowest BCUT2D eigenvalue weighted by atomic mass is 9.94. The number of oxazole rings is 1. The monoisotopic (exact) mass is 492 g/mol. The molecule has 2 rings (SSSR count). The molecule has 8 heteroatoms. The van der Waals surface area contributed by atoms with Gasteiger partial charge in [0.1, 0.15) is 11.9 Å². The van der Waals surface area contributed by atoms with Gasteiger partial charge in [-0.1, -0.05) is 20.8 Å². The zero-order chi connectivity index (χ0) is 19.0. The smallest absolute Gasteiger partial charge is 0.306 e. The van der Waals surface area contributed by atoms with Gasteiger partial charge in [0.2, 0.25) is 5.89 Å². The first kappa shape index (κ1) is 23.7. The van der Waals surface area contributed by atoms with Gasteiger partial charge in [0.25, 0.3) is 0 Å². The van der Waals surface area contributed by atoms with Crippen LogP contribution in [-0.2, 0) is 21.5 Å². The van der Waals surface area contributed by atoms with E-state index in [1.807, 2.05) is 0 Å². The van der Waals surface area contributed by atoms with Crippen LogP contribution in [0.15, 0.2) is 15.6 Å². The number of guanidine groups is 1. The van der Waals surface area contributed by atoms with E-state index in [2.05, 4.69) is 41.4 Å². The minimum absolute atomic E-state index is 0. The average molecular weight is 492 g/mol. The van der Waals surface area contributed by atoms with Crippen molar-refractivity contribution >= 4 is 35.9 Å². The van der Waals surface area contributed by atoms with Crippen LogP contribution in [0, 0.1) is 0 Å². The number of halogens is 1. The van der Waals surface area contributed by atoms with Crippen molar-refractivity contribution in [1.29, 1.82) is 0 Å². The molecule has 1 aliphatic rings. The molecule has 1 aromatic heterocycles. The first-order chi connectivity index (χ1) is 12.4. The summed E-state index contributed by atoms with van der Waals surface area (Å²) in [6, 6.07) is 0. The summed E-state index contributed by atoms with van der Waals surface area (Å²) in [4.78, 5) is 20.2. The van der Waals surface area contributed by atoms with Crippen LogP contribution < -0.4 is 10.6 Å². The molecular weight excluding hydrogens is 459 g/mol. The zero-order valence-electron chi connectivity index (χ0n) is 16.8. The van der Waals surface area contributed by atoms with E-state index in [-0.39, 0.29) is 41.5 Å². The third-order valence-corrected chi connectivity index (χ3v) is 4.37. The molecular formula is C19H33IN4O3. The van der Waals surface area contributed by atoms with Gasteiger partial charge in [0.05, 0.1) is 12.7 Å². The molecule has 0 saturated heterocycles. The molecule has 0 bridgehead atoms. The second-order valence-electron chi connectivity index (χ2n) is 7.72. The Morgan fingerprint density at radius 1 is 1.33 bits per heavy atom. The fourth-order valence-electron chi connectivity index (χ4n) is 2.81. The zero-order valence-corrected chi connectivity index (χ0v) is 19.2. The third-order valence-electron chi connectivity index (χ3n) is 4.37. The van der Waals surface area contributed by atoms with Crippen molar-refractivity contribution in [2.24, 2.45) is 4.99 Å². The number of hydrogen-bond acceptors (Lipinski definition) is 5. The second-order valence-corrected chi connectivity index (χ2v) is 7.72. The lowest BCUT2D eigenvalue weighted by molar-refractivity contribution is -0.148. The molecule has 0 aromatic carbocycles. The normalized spacial score (nSPS) is 15.3. The maximum atomic E-state index is 11.8. The minimum atomic E-state index is -0.101. The van der Waals surface area contributed by atoms with Gasteiger partial charge in [-0.15, -0.1) is 24.0 Å². The number of aliphatic imine (C=N–C) groups is 1. The summed E-state index contributed by atoms with van der Waals surface area (Å²) in [7, 11) is 1.71. The molecule has 0 atom stereocenters. The minimum Gasteiger partial charge on any atom is -0.462 e. The van der Waals surface area contributed by atoms with E-state index >= 15 is 0 Å². The summed E-state index contributed by atoms with van der Waals surface area (Å²) >= 11 is 0. The summed E-state index contributed by atoms with van der Waals surface area (Å²) in [5, 5.41) is 6.35. The van der Waals surface area contributed by atoms with Gasteiger partial charge in [-0.2, -0.15) is 0 Å². The molecule has 1 saturated carbocycles.